The largest absolute Gasteiger partial charge is 0.468 e. The molecule has 0 spiro atoms. The second-order valence-electron chi connectivity index (χ2n) is 5.18. The summed E-state index contributed by atoms with van der Waals surface area (Å²) >= 11 is 1.73. The summed E-state index contributed by atoms with van der Waals surface area (Å²) in [4.78, 5) is 16.0. The topological polar surface area (TPSA) is 73.0 Å². The minimum atomic E-state index is -0.0547. The van der Waals surface area contributed by atoms with Crippen LogP contribution in [0.1, 0.15) is 21.7 Å². The number of carbonyl (C=O) groups is 1. The highest BCUT2D eigenvalue weighted by molar-refractivity contribution is 7.98. The fourth-order valence-corrected chi connectivity index (χ4v) is 2.93. The first-order chi connectivity index (χ1) is 11.8. The molecule has 0 fully saturated rings. The summed E-state index contributed by atoms with van der Waals surface area (Å²) in [6, 6.07) is 11.4. The molecule has 0 radical (unpaired) electrons. The number of nitrogens with zero attached hydrogens (tertiary/aromatic N) is 3. The number of thioether (sulfide) groups is 1. The molecule has 1 aromatic carbocycles. The number of hydrogen-bond donors (Lipinski definition) is 1. The standard InChI is InChI=1S/C17H18N4O2S/c22-17(19-7-9-24-11-16-2-1-8-23-16)15-5-3-14(4-6-15)10-21-13-18-12-20-21/h1-6,8,12-13H,7,9-11H2,(H,19,22). The Bertz CT molecular complexity index is 740. The molecule has 0 saturated carbocycles. The highest BCUT2D eigenvalue weighted by atomic mass is 32.2. The van der Waals surface area contributed by atoms with Gasteiger partial charge < -0.3 is 9.73 Å². The van der Waals surface area contributed by atoms with E-state index in [0.29, 0.717) is 18.7 Å². The molecule has 0 bridgehead atoms. The maximum atomic E-state index is 12.1. The Morgan fingerprint density at radius 2 is 2.12 bits per heavy atom. The molecule has 1 N–H and O–H groups in total. The predicted molar refractivity (Wildman–Crippen MR) is 92.8 cm³/mol. The van der Waals surface area contributed by atoms with E-state index in [1.54, 1.807) is 29.0 Å². The van der Waals surface area contributed by atoms with Gasteiger partial charge in [0.15, 0.2) is 0 Å². The average molecular weight is 342 g/mol. The van der Waals surface area contributed by atoms with Crippen molar-refractivity contribution in [2.45, 2.75) is 12.3 Å². The van der Waals surface area contributed by atoms with Crippen molar-refractivity contribution < 1.29 is 9.21 Å². The fraction of sp³-hybridized carbons (Fsp3) is 0.235. The molecule has 0 unspecified atom stereocenters. The smallest absolute Gasteiger partial charge is 0.251 e. The van der Waals surface area contributed by atoms with E-state index in [4.69, 9.17) is 4.42 Å². The van der Waals surface area contributed by atoms with Crippen molar-refractivity contribution in [1.29, 1.82) is 0 Å². The van der Waals surface area contributed by atoms with Gasteiger partial charge in [0, 0.05) is 17.9 Å². The summed E-state index contributed by atoms with van der Waals surface area (Å²) in [5.74, 6) is 2.56. The Kier molecular flexibility index (Phi) is 5.68. The summed E-state index contributed by atoms with van der Waals surface area (Å²) in [6.07, 6.45) is 4.84. The van der Waals surface area contributed by atoms with E-state index in [-0.39, 0.29) is 5.91 Å². The number of furan rings is 1. The molecule has 0 aliphatic heterocycles. The molecule has 0 saturated heterocycles. The maximum Gasteiger partial charge on any atom is 0.251 e. The predicted octanol–water partition coefficient (Wildman–Crippen LogP) is 2.58. The van der Waals surface area contributed by atoms with E-state index < -0.39 is 0 Å². The maximum absolute atomic E-state index is 12.1. The van der Waals surface area contributed by atoms with E-state index >= 15 is 0 Å². The molecule has 124 valence electrons. The van der Waals surface area contributed by atoms with Crippen LogP contribution in [0.25, 0.3) is 0 Å². The van der Waals surface area contributed by atoms with Crippen molar-refractivity contribution in [3.05, 3.63) is 72.2 Å². The zero-order valence-electron chi connectivity index (χ0n) is 13.1. The SMILES string of the molecule is O=C(NCCSCc1ccco1)c1ccc(Cn2cncn2)cc1. The van der Waals surface area contributed by atoms with Gasteiger partial charge in [0.25, 0.3) is 5.91 Å². The number of rotatable bonds is 8. The van der Waals surface area contributed by atoms with Crippen LogP contribution in [-0.4, -0.2) is 33.0 Å². The van der Waals surface area contributed by atoms with Crippen molar-refractivity contribution >= 4 is 17.7 Å². The minimum absolute atomic E-state index is 0.0547. The van der Waals surface area contributed by atoms with Crippen molar-refractivity contribution in [2.75, 3.05) is 12.3 Å². The molecular formula is C17H18N4O2S. The van der Waals surface area contributed by atoms with E-state index in [9.17, 15) is 4.79 Å². The van der Waals surface area contributed by atoms with E-state index in [2.05, 4.69) is 15.4 Å². The minimum Gasteiger partial charge on any atom is -0.468 e. The van der Waals surface area contributed by atoms with Gasteiger partial charge in [0.05, 0.1) is 18.6 Å². The molecule has 0 aliphatic rings. The van der Waals surface area contributed by atoms with Crippen LogP contribution in [0.3, 0.4) is 0 Å². The fourth-order valence-electron chi connectivity index (χ4n) is 2.17. The van der Waals surface area contributed by atoms with Gasteiger partial charge in [-0.25, -0.2) is 9.67 Å². The molecule has 0 atom stereocenters. The number of hydrogen-bond acceptors (Lipinski definition) is 5. The van der Waals surface area contributed by atoms with Crippen LogP contribution < -0.4 is 5.32 Å². The van der Waals surface area contributed by atoms with Crippen LogP contribution in [-0.2, 0) is 12.3 Å². The number of carbonyl (C=O) groups excluding carboxylic acids is 1. The van der Waals surface area contributed by atoms with E-state index in [1.807, 2.05) is 36.4 Å². The first-order valence-corrected chi connectivity index (χ1v) is 8.76. The number of benzene rings is 1. The highest BCUT2D eigenvalue weighted by Crippen LogP contribution is 2.11. The zero-order valence-corrected chi connectivity index (χ0v) is 13.9. The highest BCUT2D eigenvalue weighted by Gasteiger charge is 2.05. The van der Waals surface area contributed by atoms with Crippen LogP contribution in [0, 0.1) is 0 Å². The Balaban J connectivity index is 1.40. The van der Waals surface area contributed by atoms with Gasteiger partial charge >= 0.3 is 0 Å². The van der Waals surface area contributed by atoms with Crippen LogP contribution >= 0.6 is 11.8 Å². The third-order valence-electron chi connectivity index (χ3n) is 3.38. The van der Waals surface area contributed by atoms with Crippen LogP contribution in [0.2, 0.25) is 0 Å². The Morgan fingerprint density at radius 1 is 1.25 bits per heavy atom. The lowest BCUT2D eigenvalue weighted by molar-refractivity contribution is 0.0956. The van der Waals surface area contributed by atoms with Crippen LogP contribution in [0.15, 0.2) is 59.7 Å². The van der Waals surface area contributed by atoms with Gasteiger partial charge in [-0.15, -0.1) is 0 Å². The Hall–Kier alpha value is -2.54. The number of nitrogens with one attached hydrogen (secondary N) is 1. The van der Waals surface area contributed by atoms with Crippen molar-refractivity contribution in [3.8, 4) is 0 Å². The first kappa shape index (κ1) is 16.3. The molecule has 24 heavy (non-hydrogen) atoms. The number of amides is 1. The molecule has 6 nitrogen and oxygen atoms in total. The Labute approximate surface area is 144 Å². The lowest BCUT2D eigenvalue weighted by Gasteiger charge is -2.06. The van der Waals surface area contributed by atoms with Gasteiger partial charge in [0.2, 0.25) is 0 Å². The molecule has 2 aromatic heterocycles. The zero-order chi connectivity index (χ0) is 16.6. The second-order valence-corrected chi connectivity index (χ2v) is 6.28. The van der Waals surface area contributed by atoms with Gasteiger partial charge in [-0.1, -0.05) is 12.1 Å². The van der Waals surface area contributed by atoms with E-state index in [1.165, 1.54) is 6.33 Å². The van der Waals surface area contributed by atoms with E-state index in [0.717, 1.165) is 22.8 Å². The number of aromatic nitrogens is 3. The summed E-state index contributed by atoms with van der Waals surface area (Å²) in [7, 11) is 0. The molecule has 3 rings (SSSR count). The molecule has 1 amide bonds. The molecule has 2 heterocycles. The van der Waals surface area contributed by atoms with Crippen molar-refractivity contribution in [1.82, 2.24) is 20.1 Å². The average Bonchev–Trinajstić information content (AvgIpc) is 3.29. The normalized spacial score (nSPS) is 10.7. The van der Waals surface area contributed by atoms with Crippen molar-refractivity contribution in [2.24, 2.45) is 0 Å². The molecule has 3 aromatic rings. The molecule has 0 aliphatic carbocycles. The molecular weight excluding hydrogens is 324 g/mol. The first-order valence-electron chi connectivity index (χ1n) is 7.61. The lowest BCUT2D eigenvalue weighted by atomic mass is 10.1. The summed E-state index contributed by atoms with van der Waals surface area (Å²) in [6.45, 7) is 1.27. The van der Waals surface area contributed by atoms with Gasteiger partial charge in [-0.2, -0.15) is 16.9 Å². The van der Waals surface area contributed by atoms with Crippen LogP contribution in [0.5, 0.6) is 0 Å². The third kappa shape index (κ3) is 4.73. The van der Waals surface area contributed by atoms with Crippen molar-refractivity contribution in [3.63, 3.8) is 0 Å². The van der Waals surface area contributed by atoms with Gasteiger partial charge in [0.1, 0.15) is 18.4 Å². The second kappa shape index (κ2) is 8.35. The lowest BCUT2D eigenvalue weighted by Crippen LogP contribution is -2.25. The quantitative estimate of drug-likeness (QED) is 0.637. The summed E-state index contributed by atoms with van der Waals surface area (Å²) in [5.41, 5.74) is 1.74. The van der Waals surface area contributed by atoms with Gasteiger partial charge in [-0.05, 0) is 29.8 Å². The van der Waals surface area contributed by atoms with Gasteiger partial charge in [-0.3, -0.25) is 4.79 Å². The monoisotopic (exact) mass is 342 g/mol. The summed E-state index contributed by atoms with van der Waals surface area (Å²) < 4.78 is 7.00. The third-order valence-corrected chi connectivity index (χ3v) is 4.37. The molecule has 7 heteroatoms. The Morgan fingerprint density at radius 3 is 2.83 bits per heavy atom. The summed E-state index contributed by atoms with van der Waals surface area (Å²) in [5, 5.41) is 6.99. The van der Waals surface area contributed by atoms with Crippen LogP contribution in [0.4, 0.5) is 0 Å².